The van der Waals surface area contributed by atoms with E-state index in [1.165, 1.54) is 0 Å². The predicted octanol–water partition coefficient (Wildman–Crippen LogP) is 3.56. The number of Topliss-reactive ketones (excluding diaryl/α,β-unsaturated/α-hetero) is 4. The van der Waals surface area contributed by atoms with Crippen molar-refractivity contribution < 1.29 is 19.2 Å². The summed E-state index contributed by atoms with van der Waals surface area (Å²) in [5.41, 5.74) is 2.33. The number of fused-ring (bicyclic) bond motifs is 2. The van der Waals surface area contributed by atoms with E-state index < -0.39 is 35.8 Å². The first-order valence-corrected chi connectivity index (χ1v) is 11.2. The molecule has 1 aliphatic heterocycles. The standard InChI is InChI=1S/C28H21NO4/c30-25-17-13-7-8-14-18(17)26(31)22(25)24-21-20(23(29-24)16-11-5-2-6-12-16)27(32)19(28(21)33)15-9-3-1-4-10-15/h1-14,19-24,29H. The van der Waals surface area contributed by atoms with Gasteiger partial charge < -0.3 is 5.32 Å². The summed E-state index contributed by atoms with van der Waals surface area (Å²) in [6.07, 6.45) is 0. The van der Waals surface area contributed by atoms with Gasteiger partial charge in [0.1, 0.15) is 11.8 Å². The number of nitrogens with one attached hydrogen (secondary N) is 1. The molecule has 0 amide bonds. The fraction of sp³-hybridized carbons (Fsp3) is 0.214. The Morgan fingerprint density at radius 2 is 1.03 bits per heavy atom. The molecule has 5 atom stereocenters. The van der Waals surface area contributed by atoms with Gasteiger partial charge in [0.2, 0.25) is 0 Å². The van der Waals surface area contributed by atoms with Gasteiger partial charge in [0.25, 0.3) is 0 Å². The Kier molecular flexibility index (Phi) is 4.49. The van der Waals surface area contributed by atoms with Crippen LogP contribution < -0.4 is 5.32 Å². The molecule has 3 aromatic rings. The maximum Gasteiger partial charge on any atom is 0.176 e. The molecule has 1 saturated heterocycles. The molecular weight excluding hydrogens is 414 g/mol. The molecule has 6 rings (SSSR count). The van der Waals surface area contributed by atoms with Crippen LogP contribution >= 0.6 is 0 Å². The summed E-state index contributed by atoms with van der Waals surface area (Å²) in [4.78, 5) is 54.1. The van der Waals surface area contributed by atoms with Gasteiger partial charge in [-0.25, -0.2) is 0 Å². The van der Waals surface area contributed by atoms with Crippen molar-refractivity contribution in [3.05, 3.63) is 107 Å². The van der Waals surface area contributed by atoms with Gasteiger partial charge in [0.05, 0.1) is 0 Å². The average molecular weight is 435 g/mol. The third kappa shape index (κ3) is 2.82. The van der Waals surface area contributed by atoms with Crippen LogP contribution in [0.4, 0.5) is 0 Å². The van der Waals surface area contributed by atoms with Gasteiger partial charge in [0, 0.05) is 35.0 Å². The van der Waals surface area contributed by atoms with Crippen molar-refractivity contribution >= 4 is 23.1 Å². The minimum absolute atomic E-state index is 0.143. The van der Waals surface area contributed by atoms with Gasteiger partial charge in [0.15, 0.2) is 23.1 Å². The number of carbonyl (C=O) groups excluding carboxylic acids is 4. The van der Waals surface area contributed by atoms with E-state index in [1.54, 1.807) is 36.4 Å². The van der Waals surface area contributed by atoms with Crippen LogP contribution in [0.1, 0.15) is 43.8 Å². The highest BCUT2D eigenvalue weighted by atomic mass is 16.2. The number of benzene rings is 3. The lowest BCUT2D eigenvalue weighted by Crippen LogP contribution is -2.44. The largest absolute Gasteiger partial charge is 0.305 e. The average Bonchev–Trinajstić information content (AvgIpc) is 3.44. The Bertz CT molecular complexity index is 1260. The molecule has 0 aromatic heterocycles. The molecule has 5 nitrogen and oxygen atoms in total. The summed E-state index contributed by atoms with van der Waals surface area (Å²) in [5, 5.41) is 3.40. The van der Waals surface area contributed by atoms with Gasteiger partial charge in [-0.2, -0.15) is 0 Å². The smallest absolute Gasteiger partial charge is 0.176 e. The molecular formula is C28H21NO4. The molecule has 2 fully saturated rings. The molecule has 1 heterocycles. The van der Waals surface area contributed by atoms with Crippen LogP contribution in [0.25, 0.3) is 0 Å². The summed E-state index contributed by atoms with van der Waals surface area (Å²) in [6, 6.07) is 24.2. The van der Waals surface area contributed by atoms with Crippen LogP contribution in [-0.2, 0) is 9.59 Å². The molecule has 5 unspecified atom stereocenters. The maximum absolute atomic E-state index is 13.7. The Morgan fingerprint density at radius 3 is 1.61 bits per heavy atom. The topological polar surface area (TPSA) is 80.3 Å². The molecule has 0 radical (unpaired) electrons. The van der Waals surface area contributed by atoms with Crippen LogP contribution in [0.15, 0.2) is 84.9 Å². The first-order chi connectivity index (χ1) is 16.1. The van der Waals surface area contributed by atoms with E-state index >= 15 is 0 Å². The van der Waals surface area contributed by atoms with Crippen LogP contribution in [0, 0.1) is 17.8 Å². The summed E-state index contributed by atoms with van der Waals surface area (Å²) < 4.78 is 0. The molecule has 5 heteroatoms. The summed E-state index contributed by atoms with van der Waals surface area (Å²) >= 11 is 0. The minimum atomic E-state index is -1.00. The van der Waals surface area contributed by atoms with E-state index in [1.807, 2.05) is 48.5 Å². The second-order valence-electron chi connectivity index (χ2n) is 9.03. The first kappa shape index (κ1) is 19.9. The number of hydrogen-bond acceptors (Lipinski definition) is 5. The zero-order valence-electron chi connectivity index (χ0n) is 17.7. The highest BCUT2D eigenvalue weighted by Gasteiger charge is 2.63. The second-order valence-corrected chi connectivity index (χ2v) is 9.03. The van der Waals surface area contributed by atoms with E-state index in [2.05, 4.69) is 5.32 Å². The molecule has 0 spiro atoms. The van der Waals surface area contributed by atoms with Crippen molar-refractivity contribution in [1.82, 2.24) is 5.32 Å². The molecule has 33 heavy (non-hydrogen) atoms. The molecule has 3 aromatic carbocycles. The van der Waals surface area contributed by atoms with Crippen molar-refractivity contribution in [3.63, 3.8) is 0 Å². The lowest BCUT2D eigenvalue weighted by molar-refractivity contribution is -0.125. The van der Waals surface area contributed by atoms with Crippen LogP contribution in [0.2, 0.25) is 0 Å². The quantitative estimate of drug-likeness (QED) is 0.637. The first-order valence-electron chi connectivity index (χ1n) is 11.2. The molecule has 162 valence electrons. The highest BCUT2D eigenvalue weighted by Crippen LogP contribution is 2.51. The van der Waals surface area contributed by atoms with Crippen molar-refractivity contribution in [2.24, 2.45) is 17.8 Å². The SMILES string of the molecule is O=C1c2ccccc2C(=O)C1C1NC(c2ccccc2)C2C(=O)C(c3ccccc3)C(=O)C12. The third-order valence-corrected chi connectivity index (χ3v) is 7.40. The fourth-order valence-corrected chi connectivity index (χ4v) is 6.00. The van der Waals surface area contributed by atoms with E-state index in [9.17, 15) is 19.2 Å². The van der Waals surface area contributed by atoms with Crippen molar-refractivity contribution in [2.45, 2.75) is 18.0 Å². The number of ketones is 4. The summed E-state index contributed by atoms with van der Waals surface area (Å²) in [5.74, 6) is -4.13. The monoisotopic (exact) mass is 435 g/mol. The van der Waals surface area contributed by atoms with E-state index in [0.717, 1.165) is 5.56 Å². The summed E-state index contributed by atoms with van der Waals surface area (Å²) in [7, 11) is 0. The second kappa shape index (κ2) is 7.42. The van der Waals surface area contributed by atoms with Gasteiger partial charge in [-0.1, -0.05) is 84.9 Å². The van der Waals surface area contributed by atoms with E-state index in [-0.39, 0.29) is 23.1 Å². The maximum atomic E-state index is 13.7. The fourth-order valence-electron chi connectivity index (χ4n) is 6.00. The Morgan fingerprint density at radius 1 is 0.545 bits per heavy atom. The zero-order valence-corrected chi connectivity index (χ0v) is 17.7. The highest BCUT2D eigenvalue weighted by molar-refractivity contribution is 6.27. The van der Waals surface area contributed by atoms with Crippen molar-refractivity contribution in [1.29, 1.82) is 0 Å². The molecule has 1 saturated carbocycles. The number of hydrogen-bond donors (Lipinski definition) is 1. The van der Waals surface area contributed by atoms with Gasteiger partial charge >= 0.3 is 0 Å². The Hall–Kier alpha value is -3.70. The van der Waals surface area contributed by atoms with Gasteiger partial charge in [-0.3, -0.25) is 19.2 Å². The van der Waals surface area contributed by atoms with E-state index in [4.69, 9.17) is 0 Å². The minimum Gasteiger partial charge on any atom is -0.305 e. The van der Waals surface area contributed by atoms with Gasteiger partial charge in [-0.15, -0.1) is 0 Å². The lowest BCUT2D eigenvalue weighted by atomic mass is 9.81. The lowest BCUT2D eigenvalue weighted by Gasteiger charge is -2.23. The van der Waals surface area contributed by atoms with Crippen LogP contribution in [-0.4, -0.2) is 29.2 Å². The van der Waals surface area contributed by atoms with Crippen molar-refractivity contribution in [3.8, 4) is 0 Å². The van der Waals surface area contributed by atoms with Gasteiger partial charge in [-0.05, 0) is 11.1 Å². The number of carbonyl (C=O) groups is 4. The zero-order chi connectivity index (χ0) is 22.7. The summed E-state index contributed by atoms with van der Waals surface area (Å²) in [6.45, 7) is 0. The molecule has 1 N–H and O–H groups in total. The molecule has 2 aliphatic carbocycles. The van der Waals surface area contributed by atoms with E-state index in [0.29, 0.717) is 16.7 Å². The molecule has 3 aliphatic rings. The molecule has 0 bridgehead atoms. The predicted molar refractivity (Wildman–Crippen MR) is 121 cm³/mol. The Labute approximate surface area is 190 Å². The van der Waals surface area contributed by atoms with Crippen molar-refractivity contribution in [2.75, 3.05) is 0 Å². The normalized spacial score (nSPS) is 28.9. The van der Waals surface area contributed by atoms with Crippen LogP contribution in [0.5, 0.6) is 0 Å². The van der Waals surface area contributed by atoms with Crippen LogP contribution in [0.3, 0.4) is 0 Å². The number of rotatable bonds is 3. The Balaban J connectivity index is 1.46. The third-order valence-electron chi connectivity index (χ3n) is 7.40.